The quantitative estimate of drug-likeness (QED) is 0.585. The van der Waals surface area contributed by atoms with Crippen LogP contribution < -0.4 is 4.74 Å². The van der Waals surface area contributed by atoms with Crippen LogP contribution in [-0.4, -0.2) is 35.3 Å². The first-order valence-electron chi connectivity index (χ1n) is 5.87. The van der Waals surface area contributed by atoms with E-state index in [-0.39, 0.29) is 36.1 Å². The summed E-state index contributed by atoms with van der Waals surface area (Å²) in [7, 11) is 0. The molecular weight excluding hydrogens is 290 g/mol. The third-order valence-corrected chi connectivity index (χ3v) is 2.71. The average molecular weight is 304 g/mol. The Morgan fingerprint density at radius 3 is 2.80 bits per heavy atom. The Bertz CT molecular complexity index is 493. The molecule has 1 atom stereocenters. The number of hydrogen-bond donors (Lipinski definition) is 1. The number of para-hydroxylation sites is 1. The molecule has 0 aliphatic carbocycles. The van der Waals surface area contributed by atoms with Gasteiger partial charge >= 0.3 is 11.7 Å². The van der Waals surface area contributed by atoms with Gasteiger partial charge in [0.15, 0.2) is 6.10 Å². The van der Waals surface area contributed by atoms with Gasteiger partial charge in [-0.15, -0.1) is 0 Å². The number of nitro benzene ring substituents is 1. The lowest BCUT2D eigenvalue weighted by Gasteiger charge is -2.13. The zero-order valence-corrected chi connectivity index (χ0v) is 11.5. The minimum atomic E-state index is -1.11. The minimum Gasteiger partial charge on any atom is -0.486 e. The molecule has 1 N–H and O–H groups in total. The van der Waals surface area contributed by atoms with Crippen LogP contribution in [0.1, 0.15) is 13.3 Å². The lowest BCUT2D eigenvalue weighted by Crippen LogP contribution is -2.26. The van der Waals surface area contributed by atoms with Gasteiger partial charge in [-0.3, -0.25) is 10.1 Å². The van der Waals surface area contributed by atoms with E-state index < -0.39 is 17.0 Å². The van der Waals surface area contributed by atoms with Gasteiger partial charge in [-0.05, 0) is 13.0 Å². The monoisotopic (exact) mass is 303 g/mol. The number of carboxylic acid groups (broad SMARTS) is 1. The molecule has 1 rings (SSSR count). The molecule has 8 heteroatoms. The van der Waals surface area contributed by atoms with Crippen LogP contribution in [0.25, 0.3) is 0 Å². The van der Waals surface area contributed by atoms with E-state index in [2.05, 4.69) is 0 Å². The molecule has 110 valence electrons. The average Bonchev–Trinajstić information content (AvgIpc) is 2.38. The van der Waals surface area contributed by atoms with Crippen LogP contribution in [0.4, 0.5) is 5.69 Å². The summed E-state index contributed by atoms with van der Waals surface area (Å²) in [5.74, 6) is -1.18. The fourth-order valence-electron chi connectivity index (χ4n) is 1.53. The molecule has 0 saturated heterocycles. The van der Waals surface area contributed by atoms with Crippen molar-refractivity contribution in [1.29, 1.82) is 0 Å². The summed E-state index contributed by atoms with van der Waals surface area (Å²) in [5, 5.41) is 19.8. The van der Waals surface area contributed by atoms with Gasteiger partial charge in [0.05, 0.1) is 16.6 Å². The number of rotatable bonds is 8. The van der Waals surface area contributed by atoms with Crippen LogP contribution >= 0.6 is 11.6 Å². The van der Waals surface area contributed by atoms with E-state index in [1.807, 2.05) is 0 Å². The third kappa shape index (κ3) is 4.36. The Hall–Kier alpha value is -1.86. The summed E-state index contributed by atoms with van der Waals surface area (Å²) in [5.41, 5.74) is -0.263. The van der Waals surface area contributed by atoms with Crippen LogP contribution in [0.3, 0.4) is 0 Å². The molecule has 0 spiro atoms. The molecule has 0 fully saturated rings. The summed E-state index contributed by atoms with van der Waals surface area (Å²) in [4.78, 5) is 21.1. The number of nitrogens with zero attached hydrogens (tertiary/aromatic N) is 1. The molecule has 7 nitrogen and oxygen atoms in total. The summed E-state index contributed by atoms with van der Waals surface area (Å²) in [6.07, 6.45) is -0.951. The number of carbonyl (C=O) groups is 1. The predicted octanol–water partition coefficient (Wildman–Crippen LogP) is 2.51. The van der Waals surface area contributed by atoms with Crippen LogP contribution in [0.2, 0.25) is 5.02 Å². The maximum atomic E-state index is 10.9. The van der Waals surface area contributed by atoms with E-state index >= 15 is 0 Å². The second kappa shape index (κ2) is 7.66. The zero-order chi connectivity index (χ0) is 15.1. The van der Waals surface area contributed by atoms with Crippen molar-refractivity contribution in [2.24, 2.45) is 0 Å². The highest BCUT2D eigenvalue weighted by Gasteiger charge is 2.21. The Morgan fingerprint density at radius 2 is 2.25 bits per heavy atom. The van der Waals surface area contributed by atoms with E-state index in [4.69, 9.17) is 26.2 Å². The first-order valence-corrected chi connectivity index (χ1v) is 6.25. The Labute approximate surface area is 120 Å². The van der Waals surface area contributed by atoms with Crippen molar-refractivity contribution in [2.75, 3.05) is 13.2 Å². The predicted molar refractivity (Wildman–Crippen MR) is 71.3 cm³/mol. The van der Waals surface area contributed by atoms with E-state index in [1.165, 1.54) is 18.2 Å². The van der Waals surface area contributed by atoms with Crippen molar-refractivity contribution in [3.05, 3.63) is 33.3 Å². The van der Waals surface area contributed by atoms with Gasteiger partial charge in [-0.2, -0.15) is 0 Å². The van der Waals surface area contributed by atoms with Crippen molar-refractivity contribution >= 4 is 23.3 Å². The topological polar surface area (TPSA) is 98.9 Å². The highest BCUT2D eigenvalue weighted by atomic mass is 35.5. The van der Waals surface area contributed by atoms with Crippen LogP contribution in [0, 0.1) is 10.1 Å². The number of halogens is 1. The highest BCUT2D eigenvalue weighted by molar-refractivity contribution is 6.32. The van der Waals surface area contributed by atoms with Crippen molar-refractivity contribution < 1.29 is 24.3 Å². The maximum absolute atomic E-state index is 10.9. The fourth-order valence-corrected chi connectivity index (χ4v) is 1.76. The normalized spacial score (nSPS) is 11.9. The molecule has 0 aromatic heterocycles. The van der Waals surface area contributed by atoms with Gasteiger partial charge in [0, 0.05) is 19.1 Å². The lowest BCUT2D eigenvalue weighted by atomic mass is 10.2. The second-order valence-corrected chi connectivity index (χ2v) is 4.17. The van der Waals surface area contributed by atoms with Gasteiger partial charge in [-0.1, -0.05) is 17.7 Å². The van der Waals surface area contributed by atoms with Crippen molar-refractivity contribution in [3.8, 4) is 5.75 Å². The van der Waals surface area contributed by atoms with Gasteiger partial charge in [0.2, 0.25) is 5.75 Å². The Morgan fingerprint density at radius 1 is 1.55 bits per heavy atom. The number of carboxylic acids is 1. The summed E-state index contributed by atoms with van der Waals surface area (Å²) in [6.45, 7) is 1.88. The molecule has 1 unspecified atom stereocenters. The first kappa shape index (κ1) is 16.2. The Balaban J connectivity index is 2.70. The largest absolute Gasteiger partial charge is 0.486 e. The number of hydrogen-bond acceptors (Lipinski definition) is 5. The first-order chi connectivity index (χ1) is 9.47. The number of ether oxygens (including phenoxy) is 2. The number of aliphatic carboxylic acids is 1. The van der Waals surface area contributed by atoms with Crippen molar-refractivity contribution in [3.63, 3.8) is 0 Å². The SMILES string of the molecule is CCOC(CCOc1c(Cl)cccc1[N+](=O)[O-])C(=O)O. The third-order valence-electron chi connectivity index (χ3n) is 2.41. The highest BCUT2D eigenvalue weighted by Crippen LogP contribution is 2.34. The minimum absolute atomic E-state index is 0.0540. The summed E-state index contributed by atoms with van der Waals surface area (Å²) >= 11 is 5.84. The molecule has 1 aromatic rings. The van der Waals surface area contributed by atoms with E-state index in [0.29, 0.717) is 0 Å². The molecule has 0 saturated carbocycles. The van der Waals surface area contributed by atoms with Crippen molar-refractivity contribution in [2.45, 2.75) is 19.4 Å². The van der Waals surface area contributed by atoms with Crippen LogP contribution in [-0.2, 0) is 9.53 Å². The lowest BCUT2D eigenvalue weighted by molar-refractivity contribution is -0.385. The van der Waals surface area contributed by atoms with Crippen LogP contribution in [0.5, 0.6) is 5.75 Å². The van der Waals surface area contributed by atoms with Crippen LogP contribution in [0.15, 0.2) is 18.2 Å². The second-order valence-electron chi connectivity index (χ2n) is 3.76. The fraction of sp³-hybridized carbons (Fsp3) is 0.417. The molecule has 0 heterocycles. The molecule has 20 heavy (non-hydrogen) atoms. The van der Waals surface area contributed by atoms with Gasteiger partial charge in [-0.25, -0.2) is 4.79 Å². The Kier molecular flexibility index (Phi) is 6.20. The van der Waals surface area contributed by atoms with Gasteiger partial charge in [0.25, 0.3) is 0 Å². The maximum Gasteiger partial charge on any atom is 0.332 e. The number of nitro groups is 1. The number of benzene rings is 1. The molecule has 0 bridgehead atoms. The molecule has 0 aliphatic rings. The zero-order valence-electron chi connectivity index (χ0n) is 10.7. The smallest absolute Gasteiger partial charge is 0.332 e. The molecule has 0 aliphatic heterocycles. The van der Waals surface area contributed by atoms with E-state index in [0.717, 1.165) is 0 Å². The molecule has 0 amide bonds. The van der Waals surface area contributed by atoms with Crippen molar-refractivity contribution in [1.82, 2.24) is 0 Å². The summed E-state index contributed by atoms with van der Waals surface area (Å²) in [6, 6.07) is 4.16. The standard InChI is InChI=1S/C12H14ClNO6/c1-2-19-10(12(15)16)6-7-20-11-8(13)4-3-5-9(11)14(17)18/h3-5,10H,2,6-7H2,1H3,(H,15,16). The van der Waals surface area contributed by atoms with Gasteiger partial charge < -0.3 is 14.6 Å². The van der Waals surface area contributed by atoms with Gasteiger partial charge in [0.1, 0.15) is 0 Å². The summed E-state index contributed by atoms with van der Waals surface area (Å²) < 4.78 is 10.2. The molecular formula is C12H14ClNO6. The van der Waals surface area contributed by atoms with E-state index in [1.54, 1.807) is 6.92 Å². The molecule has 0 radical (unpaired) electrons. The molecule has 1 aromatic carbocycles. The van der Waals surface area contributed by atoms with E-state index in [9.17, 15) is 14.9 Å².